The van der Waals surface area contributed by atoms with Crippen LogP contribution in [0.4, 0.5) is 18.9 Å². The van der Waals surface area contributed by atoms with Crippen molar-refractivity contribution in [2.75, 3.05) is 18.9 Å². The number of alkyl halides is 3. The van der Waals surface area contributed by atoms with E-state index in [2.05, 4.69) is 26.0 Å². The SMILES string of the molecule is CN(C(=O)CNc1ccc(Br)cc1OC(F)(F)F)C1CC1. The van der Waals surface area contributed by atoms with Crippen LogP contribution in [-0.4, -0.2) is 36.8 Å². The molecule has 0 unspecified atom stereocenters. The molecule has 1 aromatic carbocycles. The van der Waals surface area contributed by atoms with Crippen LogP contribution in [0.15, 0.2) is 22.7 Å². The van der Waals surface area contributed by atoms with Crippen molar-refractivity contribution in [1.82, 2.24) is 4.90 Å². The van der Waals surface area contributed by atoms with Gasteiger partial charge in [0.25, 0.3) is 0 Å². The van der Waals surface area contributed by atoms with Crippen LogP contribution in [0.5, 0.6) is 5.75 Å². The Morgan fingerprint density at radius 3 is 2.71 bits per heavy atom. The topological polar surface area (TPSA) is 41.6 Å². The van der Waals surface area contributed by atoms with Gasteiger partial charge in [0.1, 0.15) is 0 Å². The number of rotatable bonds is 5. The average molecular weight is 367 g/mol. The van der Waals surface area contributed by atoms with Gasteiger partial charge in [-0.2, -0.15) is 0 Å². The standard InChI is InChI=1S/C13H14BrF3N2O2/c1-19(9-3-4-9)12(20)7-18-10-5-2-8(14)6-11(10)21-13(15,16)17/h2,5-6,9,18H,3-4,7H2,1H3. The molecule has 4 nitrogen and oxygen atoms in total. The quantitative estimate of drug-likeness (QED) is 0.868. The van der Waals surface area contributed by atoms with E-state index in [1.807, 2.05) is 0 Å². The van der Waals surface area contributed by atoms with Crippen LogP contribution in [0, 0.1) is 0 Å². The Labute approximate surface area is 128 Å². The molecule has 8 heteroatoms. The number of nitrogens with one attached hydrogen (secondary N) is 1. The Balaban J connectivity index is 2.03. The summed E-state index contributed by atoms with van der Waals surface area (Å²) in [5.74, 6) is -0.544. The third-order valence-electron chi connectivity index (χ3n) is 3.09. The normalized spacial score (nSPS) is 14.7. The van der Waals surface area contributed by atoms with E-state index < -0.39 is 6.36 Å². The number of ether oxygens (including phenoxy) is 1. The molecule has 1 aliphatic rings. The summed E-state index contributed by atoms with van der Waals surface area (Å²) >= 11 is 3.08. The first-order valence-corrected chi connectivity index (χ1v) is 7.10. The molecule has 2 rings (SSSR count). The highest BCUT2D eigenvalue weighted by molar-refractivity contribution is 9.10. The third kappa shape index (κ3) is 4.80. The van der Waals surface area contributed by atoms with E-state index in [4.69, 9.17) is 0 Å². The second kappa shape index (κ2) is 6.13. The van der Waals surface area contributed by atoms with E-state index in [1.165, 1.54) is 12.1 Å². The van der Waals surface area contributed by atoms with Gasteiger partial charge < -0.3 is 15.0 Å². The number of benzene rings is 1. The summed E-state index contributed by atoms with van der Waals surface area (Å²) in [7, 11) is 1.69. The number of carbonyl (C=O) groups is 1. The molecule has 1 saturated carbocycles. The predicted octanol–water partition coefficient (Wildman–Crippen LogP) is 3.38. The summed E-state index contributed by atoms with van der Waals surface area (Å²) in [4.78, 5) is 13.5. The van der Waals surface area contributed by atoms with Crippen LogP contribution < -0.4 is 10.1 Å². The fraction of sp³-hybridized carbons (Fsp3) is 0.462. The largest absolute Gasteiger partial charge is 0.573 e. The van der Waals surface area contributed by atoms with Crippen molar-refractivity contribution < 1.29 is 22.7 Å². The van der Waals surface area contributed by atoms with Crippen LogP contribution >= 0.6 is 15.9 Å². The average Bonchev–Trinajstić information content (AvgIpc) is 3.18. The molecular weight excluding hydrogens is 353 g/mol. The molecule has 0 radical (unpaired) electrons. The van der Waals surface area contributed by atoms with Gasteiger partial charge in [-0.1, -0.05) is 15.9 Å². The lowest BCUT2D eigenvalue weighted by Gasteiger charge is -2.18. The monoisotopic (exact) mass is 366 g/mol. The maximum absolute atomic E-state index is 12.4. The van der Waals surface area contributed by atoms with E-state index in [0.717, 1.165) is 12.8 Å². The first-order valence-electron chi connectivity index (χ1n) is 6.31. The number of carbonyl (C=O) groups excluding carboxylic acids is 1. The van der Waals surface area contributed by atoms with Gasteiger partial charge in [0, 0.05) is 17.6 Å². The minimum absolute atomic E-state index is 0.0805. The zero-order valence-electron chi connectivity index (χ0n) is 11.2. The Bertz CT molecular complexity index is 533. The lowest BCUT2D eigenvalue weighted by molar-refractivity contribution is -0.274. The number of anilines is 1. The van der Waals surface area contributed by atoms with E-state index in [1.54, 1.807) is 18.0 Å². The summed E-state index contributed by atoms with van der Waals surface area (Å²) in [6.07, 6.45) is -2.84. The summed E-state index contributed by atoms with van der Waals surface area (Å²) in [5.41, 5.74) is 0.119. The van der Waals surface area contributed by atoms with Crippen molar-refractivity contribution in [3.05, 3.63) is 22.7 Å². The van der Waals surface area contributed by atoms with Crippen LogP contribution in [0.1, 0.15) is 12.8 Å². The molecule has 1 aliphatic carbocycles. The number of amides is 1. The maximum Gasteiger partial charge on any atom is 0.573 e. The molecule has 0 aliphatic heterocycles. The third-order valence-corrected chi connectivity index (χ3v) is 3.58. The van der Waals surface area contributed by atoms with Crippen molar-refractivity contribution in [2.45, 2.75) is 25.2 Å². The number of likely N-dealkylation sites (N-methyl/N-ethyl adjacent to an activating group) is 1. The van der Waals surface area contributed by atoms with Crippen molar-refractivity contribution in [3.63, 3.8) is 0 Å². The van der Waals surface area contributed by atoms with Crippen LogP contribution in [0.2, 0.25) is 0 Å². The maximum atomic E-state index is 12.4. The van der Waals surface area contributed by atoms with Crippen molar-refractivity contribution in [1.29, 1.82) is 0 Å². The van der Waals surface area contributed by atoms with Gasteiger partial charge in [0.05, 0.1) is 12.2 Å². The molecule has 1 fully saturated rings. The van der Waals surface area contributed by atoms with E-state index >= 15 is 0 Å². The fourth-order valence-corrected chi connectivity index (χ4v) is 2.15. The number of hydrogen-bond donors (Lipinski definition) is 1. The van der Waals surface area contributed by atoms with Gasteiger partial charge >= 0.3 is 6.36 Å². The Morgan fingerprint density at radius 2 is 2.14 bits per heavy atom. The molecule has 0 bridgehead atoms. The van der Waals surface area contributed by atoms with Crippen LogP contribution in [0.25, 0.3) is 0 Å². The molecule has 1 N–H and O–H groups in total. The molecule has 116 valence electrons. The van der Waals surface area contributed by atoms with Crippen LogP contribution in [-0.2, 0) is 4.79 Å². The van der Waals surface area contributed by atoms with Gasteiger partial charge in [-0.15, -0.1) is 13.2 Å². The van der Waals surface area contributed by atoms with Gasteiger partial charge in [-0.3, -0.25) is 4.79 Å². The Kier molecular flexibility index (Phi) is 4.65. The highest BCUT2D eigenvalue weighted by atomic mass is 79.9. The van der Waals surface area contributed by atoms with Crippen molar-refractivity contribution >= 4 is 27.5 Å². The highest BCUT2D eigenvalue weighted by Crippen LogP contribution is 2.33. The van der Waals surface area contributed by atoms with E-state index in [-0.39, 0.29) is 29.9 Å². The van der Waals surface area contributed by atoms with Crippen LogP contribution in [0.3, 0.4) is 0 Å². The Hall–Kier alpha value is -1.44. The second-order valence-electron chi connectivity index (χ2n) is 4.78. The highest BCUT2D eigenvalue weighted by Gasteiger charge is 2.33. The first kappa shape index (κ1) is 15.9. The fourth-order valence-electron chi connectivity index (χ4n) is 1.81. The summed E-state index contributed by atoms with van der Waals surface area (Å²) < 4.78 is 41.5. The number of halogens is 4. The molecule has 0 saturated heterocycles. The number of hydrogen-bond acceptors (Lipinski definition) is 3. The molecule has 0 aromatic heterocycles. The first-order chi connectivity index (χ1) is 9.76. The lowest BCUT2D eigenvalue weighted by atomic mass is 10.3. The minimum atomic E-state index is -4.79. The summed E-state index contributed by atoms with van der Waals surface area (Å²) in [6, 6.07) is 4.45. The van der Waals surface area contributed by atoms with Gasteiger partial charge in [0.2, 0.25) is 5.91 Å². The Morgan fingerprint density at radius 1 is 1.48 bits per heavy atom. The minimum Gasteiger partial charge on any atom is -0.404 e. The smallest absolute Gasteiger partial charge is 0.404 e. The predicted molar refractivity (Wildman–Crippen MR) is 75.1 cm³/mol. The lowest BCUT2D eigenvalue weighted by Crippen LogP contribution is -2.34. The van der Waals surface area contributed by atoms with E-state index in [9.17, 15) is 18.0 Å². The zero-order chi connectivity index (χ0) is 15.6. The molecule has 1 amide bonds. The molecule has 1 aromatic rings. The second-order valence-corrected chi connectivity index (χ2v) is 5.69. The van der Waals surface area contributed by atoms with E-state index in [0.29, 0.717) is 4.47 Å². The van der Waals surface area contributed by atoms with Crippen molar-refractivity contribution in [3.8, 4) is 5.75 Å². The molecular formula is C13H14BrF3N2O2. The molecule has 0 heterocycles. The molecule has 0 spiro atoms. The molecule has 21 heavy (non-hydrogen) atoms. The van der Waals surface area contributed by atoms with Gasteiger partial charge in [-0.05, 0) is 31.0 Å². The van der Waals surface area contributed by atoms with Gasteiger partial charge in [0.15, 0.2) is 5.75 Å². The number of nitrogens with zero attached hydrogens (tertiary/aromatic N) is 1. The van der Waals surface area contributed by atoms with Gasteiger partial charge in [-0.25, -0.2) is 0 Å². The van der Waals surface area contributed by atoms with Crippen molar-refractivity contribution in [2.24, 2.45) is 0 Å². The summed E-state index contributed by atoms with van der Waals surface area (Å²) in [6.45, 7) is -0.0805. The molecule has 0 atom stereocenters. The summed E-state index contributed by atoms with van der Waals surface area (Å²) in [5, 5.41) is 2.69. The zero-order valence-corrected chi connectivity index (χ0v) is 12.8.